The summed E-state index contributed by atoms with van der Waals surface area (Å²) >= 11 is 0. The van der Waals surface area contributed by atoms with Crippen LogP contribution in [0.15, 0.2) is 42.7 Å². The van der Waals surface area contributed by atoms with Crippen LogP contribution in [0.25, 0.3) is 11.1 Å². The summed E-state index contributed by atoms with van der Waals surface area (Å²) in [5, 5.41) is 9.01. The molecule has 0 saturated carbocycles. The highest BCUT2D eigenvalue weighted by atomic mass is 19.1. The number of hydrogen-bond acceptors (Lipinski definition) is 4. The predicted molar refractivity (Wildman–Crippen MR) is 74.3 cm³/mol. The van der Waals surface area contributed by atoms with Gasteiger partial charge in [-0.15, -0.1) is 0 Å². The predicted octanol–water partition coefficient (Wildman–Crippen LogP) is 2.21. The number of nitrogens with zero attached hydrogens (tertiary/aromatic N) is 2. The smallest absolute Gasteiger partial charge is 0.414 e. The van der Waals surface area contributed by atoms with Crippen molar-refractivity contribution in [1.29, 1.82) is 0 Å². The normalized spacial score (nSPS) is 17.9. The number of cyclic esters (lactones) is 1. The topological polar surface area (TPSA) is 62.7 Å². The third kappa shape index (κ3) is 2.57. The fraction of sp³-hybridized carbons (Fsp3) is 0.200. The molecule has 0 aliphatic carbocycles. The average Bonchev–Trinajstić information content (AvgIpc) is 2.89. The number of carbonyl (C=O) groups excluding carboxylic acids is 1. The number of amides is 1. The Bertz CT molecular complexity index is 663. The lowest BCUT2D eigenvalue weighted by Crippen LogP contribution is -2.25. The van der Waals surface area contributed by atoms with E-state index < -0.39 is 18.0 Å². The Labute approximate surface area is 120 Å². The molecule has 1 fully saturated rings. The maximum absolute atomic E-state index is 14.2. The number of benzene rings is 1. The third-order valence-electron chi connectivity index (χ3n) is 3.31. The van der Waals surface area contributed by atoms with Crippen LogP contribution in [-0.2, 0) is 4.74 Å². The fourth-order valence-electron chi connectivity index (χ4n) is 2.26. The number of hydrogen-bond donors (Lipinski definition) is 1. The zero-order valence-electron chi connectivity index (χ0n) is 11.1. The standard InChI is InChI=1S/C15H13FN2O3/c16-14-6-11(18-8-12(9-19)21-15(18)20)3-4-13(14)10-2-1-5-17-7-10/h1-7,12,19H,8-9H2/t12-/m1/s1. The molecule has 6 heteroatoms. The molecule has 0 spiro atoms. The largest absolute Gasteiger partial charge is 0.441 e. The molecule has 21 heavy (non-hydrogen) atoms. The van der Waals surface area contributed by atoms with Gasteiger partial charge >= 0.3 is 6.09 Å². The van der Waals surface area contributed by atoms with E-state index in [2.05, 4.69) is 4.98 Å². The fourth-order valence-corrected chi connectivity index (χ4v) is 2.26. The van der Waals surface area contributed by atoms with Crippen LogP contribution in [0.5, 0.6) is 0 Å². The molecular formula is C15H13FN2O3. The molecule has 1 aliphatic rings. The second-order valence-electron chi connectivity index (χ2n) is 4.70. The number of pyridine rings is 1. The number of ether oxygens (including phenoxy) is 1. The van der Waals surface area contributed by atoms with Gasteiger partial charge in [0.05, 0.1) is 18.8 Å². The van der Waals surface area contributed by atoms with E-state index in [4.69, 9.17) is 9.84 Å². The minimum atomic E-state index is -0.581. The zero-order chi connectivity index (χ0) is 14.8. The summed E-state index contributed by atoms with van der Waals surface area (Å²) in [4.78, 5) is 16.9. The molecule has 0 unspecified atom stereocenters. The second-order valence-corrected chi connectivity index (χ2v) is 4.70. The Morgan fingerprint density at radius 1 is 1.43 bits per heavy atom. The molecule has 1 amide bonds. The van der Waals surface area contributed by atoms with Gasteiger partial charge in [-0.25, -0.2) is 9.18 Å². The molecule has 1 aromatic heterocycles. The third-order valence-corrected chi connectivity index (χ3v) is 3.31. The minimum absolute atomic E-state index is 0.209. The highest BCUT2D eigenvalue weighted by Gasteiger charge is 2.32. The lowest BCUT2D eigenvalue weighted by molar-refractivity contribution is 0.0963. The quantitative estimate of drug-likeness (QED) is 0.940. The Morgan fingerprint density at radius 2 is 2.29 bits per heavy atom. The molecule has 1 atom stereocenters. The van der Waals surface area contributed by atoms with Crippen LogP contribution in [0.1, 0.15) is 0 Å². The Kier molecular flexibility index (Phi) is 3.53. The summed E-state index contributed by atoms with van der Waals surface area (Å²) in [6.45, 7) is -0.0422. The molecule has 108 valence electrons. The average molecular weight is 288 g/mol. The minimum Gasteiger partial charge on any atom is -0.441 e. The van der Waals surface area contributed by atoms with Crippen molar-refractivity contribution < 1.29 is 19.0 Å². The van der Waals surface area contributed by atoms with Crippen molar-refractivity contribution in [3.63, 3.8) is 0 Å². The van der Waals surface area contributed by atoms with Crippen molar-refractivity contribution in [2.24, 2.45) is 0 Å². The summed E-state index contributed by atoms with van der Waals surface area (Å²) in [6, 6.07) is 8.01. The van der Waals surface area contributed by atoms with Crippen LogP contribution in [-0.4, -0.2) is 35.4 Å². The van der Waals surface area contributed by atoms with Crippen LogP contribution in [0.3, 0.4) is 0 Å². The van der Waals surface area contributed by atoms with Crippen molar-refractivity contribution in [3.8, 4) is 11.1 Å². The first-order valence-electron chi connectivity index (χ1n) is 6.48. The molecule has 0 radical (unpaired) electrons. The van der Waals surface area contributed by atoms with Crippen LogP contribution in [0.4, 0.5) is 14.9 Å². The van der Waals surface area contributed by atoms with E-state index in [0.29, 0.717) is 16.8 Å². The van der Waals surface area contributed by atoms with Gasteiger partial charge in [0.1, 0.15) is 11.9 Å². The van der Waals surface area contributed by atoms with Gasteiger partial charge in [0, 0.05) is 23.5 Å². The monoisotopic (exact) mass is 288 g/mol. The summed E-state index contributed by atoms with van der Waals surface area (Å²) < 4.78 is 19.2. The Balaban J connectivity index is 1.90. The molecule has 1 aliphatic heterocycles. The zero-order valence-corrected chi connectivity index (χ0v) is 11.1. The molecule has 1 aromatic carbocycles. The van der Waals surface area contributed by atoms with Crippen molar-refractivity contribution in [1.82, 2.24) is 4.98 Å². The maximum Gasteiger partial charge on any atom is 0.414 e. The van der Waals surface area contributed by atoms with Crippen LogP contribution < -0.4 is 4.90 Å². The first-order chi connectivity index (χ1) is 10.2. The van der Waals surface area contributed by atoms with Gasteiger partial charge in [-0.2, -0.15) is 0 Å². The molecule has 5 nitrogen and oxygen atoms in total. The van der Waals surface area contributed by atoms with E-state index >= 15 is 0 Å². The number of anilines is 1. The van der Waals surface area contributed by atoms with Crippen molar-refractivity contribution in [3.05, 3.63) is 48.5 Å². The molecule has 0 bridgehead atoms. The number of halogens is 1. The summed E-state index contributed by atoms with van der Waals surface area (Å²) in [5.74, 6) is -0.444. The highest BCUT2D eigenvalue weighted by Crippen LogP contribution is 2.28. The number of aliphatic hydroxyl groups excluding tert-OH is 1. The first-order valence-corrected chi connectivity index (χ1v) is 6.48. The summed E-state index contributed by atoms with van der Waals surface area (Å²) in [7, 11) is 0. The van der Waals surface area contributed by atoms with E-state index in [1.165, 1.54) is 11.0 Å². The van der Waals surface area contributed by atoms with Crippen molar-refractivity contribution in [2.45, 2.75) is 6.10 Å². The van der Waals surface area contributed by atoms with Gasteiger partial charge < -0.3 is 9.84 Å². The number of rotatable bonds is 3. The summed E-state index contributed by atoms with van der Waals surface area (Å²) in [5.41, 5.74) is 1.48. The molecular weight excluding hydrogens is 275 g/mol. The van der Waals surface area contributed by atoms with Gasteiger partial charge in [-0.05, 0) is 24.3 Å². The molecule has 1 N–H and O–H groups in total. The van der Waals surface area contributed by atoms with Gasteiger partial charge in [0.15, 0.2) is 0 Å². The van der Waals surface area contributed by atoms with E-state index in [-0.39, 0.29) is 13.2 Å². The summed E-state index contributed by atoms with van der Waals surface area (Å²) in [6.07, 6.45) is 2.04. The van der Waals surface area contributed by atoms with Gasteiger partial charge in [0.25, 0.3) is 0 Å². The van der Waals surface area contributed by atoms with Crippen molar-refractivity contribution in [2.75, 3.05) is 18.1 Å². The number of carbonyl (C=O) groups is 1. The van der Waals surface area contributed by atoms with Gasteiger partial charge in [-0.3, -0.25) is 9.88 Å². The SMILES string of the molecule is O=C1O[C@@H](CO)CN1c1ccc(-c2cccnc2)c(F)c1. The van der Waals surface area contributed by atoms with Crippen molar-refractivity contribution >= 4 is 11.8 Å². The highest BCUT2D eigenvalue weighted by molar-refractivity contribution is 5.90. The van der Waals surface area contributed by atoms with Crippen LogP contribution in [0, 0.1) is 5.82 Å². The van der Waals surface area contributed by atoms with Gasteiger partial charge in [0.2, 0.25) is 0 Å². The second kappa shape index (κ2) is 5.49. The van der Waals surface area contributed by atoms with Crippen LogP contribution in [0.2, 0.25) is 0 Å². The van der Waals surface area contributed by atoms with E-state index in [0.717, 1.165) is 0 Å². The maximum atomic E-state index is 14.2. The Morgan fingerprint density at radius 3 is 2.90 bits per heavy atom. The number of aromatic nitrogens is 1. The van der Waals surface area contributed by atoms with Crippen LogP contribution >= 0.6 is 0 Å². The first kappa shape index (κ1) is 13.5. The molecule has 2 aromatic rings. The lowest BCUT2D eigenvalue weighted by atomic mass is 10.1. The molecule has 3 rings (SSSR count). The van der Waals surface area contributed by atoms with Gasteiger partial charge in [-0.1, -0.05) is 6.07 Å². The molecule has 1 saturated heterocycles. The van der Waals surface area contributed by atoms with E-state index in [1.54, 1.807) is 36.7 Å². The van der Waals surface area contributed by atoms with E-state index in [9.17, 15) is 9.18 Å². The number of aliphatic hydroxyl groups is 1. The Hall–Kier alpha value is -2.47. The lowest BCUT2D eigenvalue weighted by Gasteiger charge is -2.14. The molecule has 2 heterocycles. The van der Waals surface area contributed by atoms with E-state index in [1.807, 2.05) is 0 Å².